The molecule has 3 nitrogen and oxygen atoms in total. The van der Waals surface area contributed by atoms with Crippen molar-refractivity contribution in [3.63, 3.8) is 0 Å². The smallest absolute Gasteiger partial charge is 0.123 e. The summed E-state index contributed by atoms with van der Waals surface area (Å²) in [6.45, 7) is 1.39. The molecular weight excluding hydrogens is 336 g/mol. The Hall–Kier alpha value is -0.880. The van der Waals surface area contributed by atoms with Crippen LogP contribution < -0.4 is 10.5 Å². The van der Waals surface area contributed by atoms with Crippen LogP contribution in [-0.2, 0) is 6.54 Å². The van der Waals surface area contributed by atoms with Crippen LogP contribution in [0.5, 0.6) is 5.75 Å². The predicted octanol–water partition coefficient (Wildman–Crippen LogP) is 3.65. The van der Waals surface area contributed by atoms with E-state index in [4.69, 9.17) is 10.5 Å². The lowest BCUT2D eigenvalue weighted by Gasteiger charge is -2.27. The number of halogens is 1. The molecule has 0 fully saturated rings. The molecule has 0 aliphatic carbocycles. The Labute approximate surface area is 132 Å². The molecule has 0 aliphatic heterocycles. The van der Waals surface area contributed by atoms with Crippen molar-refractivity contribution in [2.45, 2.75) is 12.6 Å². The molecule has 0 amide bonds. The summed E-state index contributed by atoms with van der Waals surface area (Å²) in [6.07, 6.45) is 0. The minimum absolute atomic E-state index is 0.203. The summed E-state index contributed by atoms with van der Waals surface area (Å²) in [5, 5.41) is 2.08. The Morgan fingerprint density at radius 3 is 2.70 bits per heavy atom. The molecule has 20 heavy (non-hydrogen) atoms. The van der Waals surface area contributed by atoms with Crippen LogP contribution in [0.25, 0.3) is 0 Å². The summed E-state index contributed by atoms with van der Waals surface area (Å²) in [4.78, 5) is 3.53. The third kappa shape index (κ3) is 3.41. The zero-order valence-electron chi connectivity index (χ0n) is 11.7. The van der Waals surface area contributed by atoms with E-state index in [-0.39, 0.29) is 6.04 Å². The van der Waals surface area contributed by atoms with Crippen molar-refractivity contribution in [2.75, 3.05) is 20.7 Å². The number of rotatable bonds is 6. The summed E-state index contributed by atoms with van der Waals surface area (Å²) in [6, 6.07) is 10.4. The SMILES string of the molecule is COc1ccccc1CN(C)C(CN)c1sccc1Br. The number of nitrogens with zero attached hydrogens (tertiary/aromatic N) is 1. The molecule has 1 heterocycles. The highest BCUT2D eigenvalue weighted by Crippen LogP contribution is 2.33. The molecule has 108 valence electrons. The molecule has 5 heteroatoms. The van der Waals surface area contributed by atoms with E-state index >= 15 is 0 Å². The van der Waals surface area contributed by atoms with Gasteiger partial charge in [0.15, 0.2) is 0 Å². The van der Waals surface area contributed by atoms with Gasteiger partial charge in [-0.2, -0.15) is 0 Å². The zero-order valence-corrected chi connectivity index (χ0v) is 14.1. The fourth-order valence-corrected chi connectivity index (χ4v) is 4.06. The van der Waals surface area contributed by atoms with E-state index in [2.05, 4.69) is 45.4 Å². The number of para-hydroxylation sites is 1. The van der Waals surface area contributed by atoms with E-state index < -0.39 is 0 Å². The quantitative estimate of drug-likeness (QED) is 0.860. The van der Waals surface area contributed by atoms with Crippen LogP contribution in [-0.4, -0.2) is 25.6 Å². The second kappa shape index (κ2) is 7.22. The maximum absolute atomic E-state index is 5.97. The zero-order chi connectivity index (χ0) is 14.5. The third-order valence-corrected chi connectivity index (χ3v) is 5.29. The van der Waals surface area contributed by atoms with Crippen LogP contribution >= 0.6 is 27.3 Å². The van der Waals surface area contributed by atoms with Gasteiger partial charge in [0.1, 0.15) is 5.75 Å². The Bertz CT molecular complexity index is 558. The van der Waals surface area contributed by atoms with Gasteiger partial charge in [-0.1, -0.05) is 18.2 Å². The van der Waals surface area contributed by atoms with Gasteiger partial charge in [0.05, 0.1) is 13.2 Å². The van der Waals surface area contributed by atoms with Gasteiger partial charge in [0.2, 0.25) is 0 Å². The fourth-order valence-electron chi connectivity index (χ4n) is 2.24. The van der Waals surface area contributed by atoms with E-state index in [0.717, 1.165) is 16.8 Å². The van der Waals surface area contributed by atoms with Crippen LogP contribution in [0.2, 0.25) is 0 Å². The summed E-state index contributed by atoms with van der Waals surface area (Å²) >= 11 is 5.32. The summed E-state index contributed by atoms with van der Waals surface area (Å²) < 4.78 is 6.54. The second-order valence-electron chi connectivity index (χ2n) is 4.61. The standard InChI is InChI=1S/C15H19BrN2OS/c1-18(10-11-5-3-4-6-14(11)19-2)13(9-17)15-12(16)7-8-20-15/h3-8,13H,9-10,17H2,1-2H3. The highest BCUT2D eigenvalue weighted by atomic mass is 79.9. The Kier molecular flexibility index (Phi) is 5.60. The maximum atomic E-state index is 5.97. The maximum Gasteiger partial charge on any atom is 0.123 e. The number of likely N-dealkylation sites (N-methyl/N-ethyl adjacent to an activating group) is 1. The predicted molar refractivity (Wildman–Crippen MR) is 88.3 cm³/mol. The monoisotopic (exact) mass is 354 g/mol. The van der Waals surface area contributed by atoms with E-state index in [1.807, 2.05) is 18.2 Å². The molecule has 2 N–H and O–H groups in total. The number of ether oxygens (including phenoxy) is 1. The van der Waals surface area contributed by atoms with Crippen molar-refractivity contribution in [1.82, 2.24) is 4.90 Å². The Morgan fingerprint density at radius 2 is 2.10 bits per heavy atom. The molecule has 0 aliphatic rings. The fraction of sp³-hybridized carbons (Fsp3) is 0.333. The number of methoxy groups -OCH3 is 1. The van der Waals surface area contributed by atoms with Crippen molar-refractivity contribution in [3.8, 4) is 5.75 Å². The first-order chi connectivity index (χ1) is 9.67. The highest BCUT2D eigenvalue weighted by molar-refractivity contribution is 9.10. The molecular formula is C15H19BrN2OS. The molecule has 0 spiro atoms. The summed E-state index contributed by atoms with van der Waals surface area (Å²) in [7, 11) is 3.80. The van der Waals surface area contributed by atoms with Gasteiger partial charge in [-0.3, -0.25) is 4.90 Å². The average molecular weight is 355 g/mol. The Morgan fingerprint density at radius 1 is 1.35 bits per heavy atom. The lowest BCUT2D eigenvalue weighted by molar-refractivity contribution is 0.241. The molecule has 0 saturated heterocycles. The minimum Gasteiger partial charge on any atom is -0.496 e. The van der Waals surface area contributed by atoms with Crippen LogP contribution in [0.15, 0.2) is 40.2 Å². The minimum atomic E-state index is 0.203. The summed E-state index contributed by atoms with van der Waals surface area (Å²) in [5.41, 5.74) is 7.14. The second-order valence-corrected chi connectivity index (χ2v) is 6.41. The van der Waals surface area contributed by atoms with Crippen LogP contribution in [0, 0.1) is 0 Å². The van der Waals surface area contributed by atoms with Gasteiger partial charge in [0.25, 0.3) is 0 Å². The van der Waals surface area contributed by atoms with Crippen molar-refractivity contribution in [1.29, 1.82) is 0 Å². The summed E-state index contributed by atoms with van der Waals surface area (Å²) in [5.74, 6) is 0.917. The lowest BCUT2D eigenvalue weighted by atomic mass is 10.1. The van der Waals surface area contributed by atoms with Crippen molar-refractivity contribution >= 4 is 27.3 Å². The van der Waals surface area contributed by atoms with E-state index in [9.17, 15) is 0 Å². The van der Waals surface area contributed by atoms with Gasteiger partial charge in [-0.15, -0.1) is 11.3 Å². The average Bonchev–Trinajstić information content (AvgIpc) is 2.87. The van der Waals surface area contributed by atoms with Crippen molar-refractivity contribution < 1.29 is 4.74 Å². The van der Waals surface area contributed by atoms with Crippen molar-refractivity contribution in [2.24, 2.45) is 5.73 Å². The molecule has 0 radical (unpaired) electrons. The van der Waals surface area contributed by atoms with Crippen molar-refractivity contribution in [3.05, 3.63) is 50.6 Å². The lowest BCUT2D eigenvalue weighted by Crippen LogP contribution is -2.29. The first-order valence-electron chi connectivity index (χ1n) is 6.42. The van der Waals surface area contributed by atoms with Gasteiger partial charge >= 0.3 is 0 Å². The molecule has 1 aromatic heterocycles. The number of hydrogen-bond acceptors (Lipinski definition) is 4. The van der Waals surface area contributed by atoms with Gasteiger partial charge in [-0.25, -0.2) is 0 Å². The number of hydrogen-bond donors (Lipinski definition) is 1. The van der Waals surface area contributed by atoms with Gasteiger partial charge in [0, 0.05) is 28.0 Å². The van der Waals surface area contributed by atoms with Crippen LogP contribution in [0.1, 0.15) is 16.5 Å². The third-order valence-electron chi connectivity index (χ3n) is 3.32. The van der Waals surface area contributed by atoms with Gasteiger partial charge < -0.3 is 10.5 Å². The molecule has 1 unspecified atom stereocenters. The number of benzene rings is 1. The van der Waals surface area contributed by atoms with E-state index in [1.54, 1.807) is 18.4 Å². The first-order valence-corrected chi connectivity index (χ1v) is 8.09. The van der Waals surface area contributed by atoms with Crippen LogP contribution in [0.3, 0.4) is 0 Å². The molecule has 1 atom stereocenters. The van der Waals surface area contributed by atoms with E-state index in [0.29, 0.717) is 6.54 Å². The normalized spacial score (nSPS) is 12.7. The van der Waals surface area contributed by atoms with Gasteiger partial charge in [-0.05, 0) is 40.5 Å². The molecule has 1 aromatic carbocycles. The highest BCUT2D eigenvalue weighted by Gasteiger charge is 2.20. The number of nitrogens with two attached hydrogens (primary N) is 1. The first kappa shape index (κ1) is 15.5. The Balaban J connectivity index is 2.18. The topological polar surface area (TPSA) is 38.5 Å². The van der Waals surface area contributed by atoms with E-state index in [1.165, 1.54) is 10.4 Å². The molecule has 2 rings (SSSR count). The van der Waals surface area contributed by atoms with Crippen LogP contribution in [0.4, 0.5) is 0 Å². The molecule has 2 aromatic rings. The largest absolute Gasteiger partial charge is 0.496 e. The number of thiophene rings is 1. The molecule has 0 saturated carbocycles. The molecule has 0 bridgehead atoms.